The van der Waals surface area contributed by atoms with Crippen LogP contribution in [0.25, 0.3) is 11.0 Å². The highest BCUT2D eigenvalue weighted by molar-refractivity contribution is 5.77. The smallest absolute Gasteiger partial charge is 0.261 e. The van der Waals surface area contributed by atoms with Crippen LogP contribution in [-0.2, 0) is 4.79 Å². The molecule has 0 spiro atoms. The normalized spacial score (nSPS) is 10.2. The first-order valence-corrected chi connectivity index (χ1v) is 3.87. The number of carbonyl (C=O) groups excluding carboxylic acids is 1. The Hall–Kier alpha value is -1.84. The molecule has 0 N–H and O–H groups in total. The first-order valence-electron chi connectivity index (χ1n) is 3.87. The number of amides is 1. The summed E-state index contributed by atoms with van der Waals surface area (Å²) in [4.78, 5) is 14.5. The van der Waals surface area contributed by atoms with Gasteiger partial charge in [0, 0.05) is 7.05 Å². The summed E-state index contributed by atoms with van der Waals surface area (Å²) in [7, 11) is 1.63. The summed E-state index contributed by atoms with van der Waals surface area (Å²) in [5.74, 6) is 0. The van der Waals surface area contributed by atoms with Gasteiger partial charge < -0.3 is 0 Å². The fourth-order valence-corrected chi connectivity index (χ4v) is 1.23. The monoisotopic (exact) mass is 174 g/mol. The zero-order valence-electron chi connectivity index (χ0n) is 7.14. The largest absolute Gasteiger partial charge is 0.332 e. The molecule has 65 valence electrons. The highest BCUT2D eigenvalue weighted by Gasteiger charge is 2.03. The van der Waals surface area contributed by atoms with Crippen LogP contribution in [0.3, 0.4) is 0 Å². The number of imidazole rings is 1. The van der Waals surface area contributed by atoms with Crippen molar-refractivity contribution in [3.63, 3.8) is 0 Å². The van der Waals surface area contributed by atoms with E-state index in [9.17, 15) is 4.79 Å². The quantitative estimate of drug-likeness (QED) is 0.627. The fraction of sp³-hybridized carbons (Fsp3) is 0.111. The molecule has 1 aromatic heterocycles. The molecule has 0 bridgehead atoms. The third kappa shape index (κ3) is 1.16. The SMILES string of the molecule is CN([C]=O)n1cnc2ccccc21. The van der Waals surface area contributed by atoms with Crippen LogP contribution in [0.15, 0.2) is 30.6 Å². The van der Waals surface area contributed by atoms with E-state index in [1.54, 1.807) is 24.5 Å². The summed E-state index contributed by atoms with van der Waals surface area (Å²) < 4.78 is 1.64. The Morgan fingerprint density at radius 2 is 2.23 bits per heavy atom. The average molecular weight is 174 g/mol. The fourth-order valence-electron chi connectivity index (χ4n) is 1.23. The van der Waals surface area contributed by atoms with E-state index in [0.717, 1.165) is 11.0 Å². The van der Waals surface area contributed by atoms with Crippen molar-refractivity contribution in [1.82, 2.24) is 9.66 Å². The second-order valence-corrected chi connectivity index (χ2v) is 2.69. The van der Waals surface area contributed by atoms with Crippen LogP contribution in [0.4, 0.5) is 0 Å². The maximum atomic E-state index is 10.4. The van der Waals surface area contributed by atoms with E-state index in [-0.39, 0.29) is 0 Å². The standard InChI is InChI=1S/C9H8N3O/c1-11(7-13)12-6-10-8-4-2-3-5-9(8)12/h2-6H,1H3. The summed E-state index contributed by atoms with van der Waals surface area (Å²) in [6, 6.07) is 7.60. The maximum absolute atomic E-state index is 10.4. The van der Waals surface area contributed by atoms with Crippen LogP contribution in [0.2, 0.25) is 0 Å². The van der Waals surface area contributed by atoms with Gasteiger partial charge in [0.2, 0.25) is 0 Å². The number of rotatable bonds is 2. The number of benzene rings is 1. The van der Waals surface area contributed by atoms with Crippen molar-refractivity contribution in [3.8, 4) is 0 Å². The molecule has 0 aliphatic carbocycles. The van der Waals surface area contributed by atoms with Crippen molar-refractivity contribution in [2.45, 2.75) is 0 Å². The molecule has 2 aromatic rings. The van der Waals surface area contributed by atoms with Gasteiger partial charge in [0.1, 0.15) is 6.33 Å². The summed E-state index contributed by atoms with van der Waals surface area (Å²) in [5.41, 5.74) is 1.76. The molecule has 0 fully saturated rings. The molecule has 0 saturated heterocycles. The molecule has 4 nitrogen and oxygen atoms in total. The minimum absolute atomic E-state index is 0.865. The van der Waals surface area contributed by atoms with Crippen LogP contribution >= 0.6 is 0 Å². The number of fused-ring (bicyclic) bond motifs is 1. The van der Waals surface area contributed by atoms with Crippen LogP contribution in [0, 0.1) is 0 Å². The maximum Gasteiger partial charge on any atom is 0.332 e. The van der Waals surface area contributed by atoms with Crippen molar-refractivity contribution in [2.24, 2.45) is 0 Å². The molecule has 0 aliphatic heterocycles. The molecule has 2 rings (SSSR count). The van der Waals surface area contributed by atoms with E-state index in [1.807, 2.05) is 24.3 Å². The molecule has 0 atom stereocenters. The van der Waals surface area contributed by atoms with Gasteiger partial charge in [0.25, 0.3) is 0 Å². The lowest BCUT2D eigenvalue weighted by Crippen LogP contribution is -2.26. The van der Waals surface area contributed by atoms with Crippen LogP contribution in [-0.4, -0.2) is 23.1 Å². The minimum atomic E-state index is 0.865. The highest BCUT2D eigenvalue weighted by Crippen LogP contribution is 2.10. The Morgan fingerprint density at radius 3 is 3.00 bits per heavy atom. The van der Waals surface area contributed by atoms with Gasteiger partial charge in [0.15, 0.2) is 0 Å². The summed E-state index contributed by atoms with van der Waals surface area (Å²) in [6.45, 7) is 0. The Morgan fingerprint density at radius 1 is 1.46 bits per heavy atom. The molecule has 1 aromatic carbocycles. The van der Waals surface area contributed by atoms with Gasteiger partial charge >= 0.3 is 6.41 Å². The topological polar surface area (TPSA) is 38.1 Å². The van der Waals surface area contributed by atoms with Crippen LogP contribution < -0.4 is 5.01 Å². The third-order valence-corrected chi connectivity index (χ3v) is 1.89. The Bertz CT molecular complexity index is 435. The molecule has 0 aliphatic rings. The number of aromatic nitrogens is 2. The molecule has 4 heteroatoms. The third-order valence-electron chi connectivity index (χ3n) is 1.89. The van der Waals surface area contributed by atoms with Gasteiger partial charge in [-0.3, -0.25) is 4.79 Å². The van der Waals surface area contributed by atoms with E-state index in [2.05, 4.69) is 4.98 Å². The Labute approximate surface area is 75.4 Å². The van der Waals surface area contributed by atoms with Gasteiger partial charge in [-0.25, -0.2) is 14.7 Å². The van der Waals surface area contributed by atoms with Crippen molar-refractivity contribution in [2.75, 3.05) is 12.1 Å². The Balaban J connectivity index is 2.64. The summed E-state index contributed by atoms with van der Waals surface area (Å²) >= 11 is 0. The van der Waals surface area contributed by atoms with Gasteiger partial charge in [-0.15, -0.1) is 0 Å². The molecule has 13 heavy (non-hydrogen) atoms. The van der Waals surface area contributed by atoms with Crippen molar-refractivity contribution < 1.29 is 4.79 Å². The lowest BCUT2D eigenvalue weighted by Gasteiger charge is -2.10. The molecular formula is C9H8N3O. The minimum Gasteiger partial charge on any atom is -0.261 e. The van der Waals surface area contributed by atoms with E-state index >= 15 is 0 Å². The average Bonchev–Trinajstić information content (AvgIpc) is 2.60. The molecule has 0 unspecified atom stereocenters. The highest BCUT2D eigenvalue weighted by atomic mass is 16.1. The van der Waals surface area contributed by atoms with Gasteiger partial charge in [-0.05, 0) is 12.1 Å². The number of hydrogen-bond acceptors (Lipinski definition) is 2. The first-order chi connectivity index (χ1) is 6.33. The van der Waals surface area contributed by atoms with Crippen LogP contribution in [0.5, 0.6) is 0 Å². The lowest BCUT2D eigenvalue weighted by atomic mass is 10.3. The van der Waals surface area contributed by atoms with Gasteiger partial charge in [0.05, 0.1) is 11.0 Å². The van der Waals surface area contributed by atoms with Crippen molar-refractivity contribution in [1.29, 1.82) is 0 Å². The second-order valence-electron chi connectivity index (χ2n) is 2.69. The van der Waals surface area contributed by atoms with E-state index < -0.39 is 0 Å². The van der Waals surface area contributed by atoms with Gasteiger partial charge in [-0.1, -0.05) is 12.1 Å². The van der Waals surface area contributed by atoms with Crippen molar-refractivity contribution >= 4 is 17.4 Å². The first kappa shape index (κ1) is 7.79. The van der Waals surface area contributed by atoms with E-state index in [0.29, 0.717) is 0 Å². The predicted molar refractivity (Wildman–Crippen MR) is 49.6 cm³/mol. The predicted octanol–water partition coefficient (Wildman–Crippen LogP) is 0.671. The lowest BCUT2D eigenvalue weighted by molar-refractivity contribution is 0.542. The molecule has 1 amide bonds. The molecule has 0 saturated carbocycles. The van der Waals surface area contributed by atoms with E-state index in [4.69, 9.17) is 0 Å². The van der Waals surface area contributed by atoms with Crippen molar-refractivity contribution in [3.05, 3.63) is 30.6 Å². The second kappa shape index (κ2) is 2.90. The number of hydrogen-bond donors (Lipinski definition) is 0. The Kier molecular flexibility index (Phi) is 1.73. The number of para-hydroxylation sites is 2. The number of nitrogens with zero attached hydrogens (tertiary/aromatic N) is 3. The molecular weight excluding hydrogens is 166 g/mol. The molecule has 1 heterocycles. The summed E-state index contributed by atoms with van der Waals surface area (Å²) in [5, 5.41) is 1.31. The van der Waals surface area contributed by atoms with Gasteiger partial charge in [-0.2, -0.15) is 0 Å². The van der Waals surface area contributed by atoms with Crippen LogP contribution in [0.1, 0.15) is 0 Å². The molecule has 1 radical (unpaired) electrons. The zero-order chi connectivity index (χ0) is 9.26. The van der Waals surface area contributed by atoms with E-state index in [1.165, 1.54) is 5.01 Å². The zero-order valence-corrected chi connectivity index (χ0v) is 7.14. The summed E-state index contributed by atoms with van der Waals surface area (Å²) in [6.07, 6.45) is 3.36.